The van der Waals surface area contributed by atoms with E-state index >= 15 is 0 Å². The second-order valence-electron chi connectivity index (χ2n) is 5.33. The minimum Gasteiger partial charge on any atom is -0.493 e. The molecule has 2 aliphatic heterocycles. The number of hydrogen-bond acceptors (Lipinski definition) is 3. The van der Waals surface area contributed by atoms with Crippen LogP contribution < -0.4 is 9.47 Å². The van der Waals surface area contributed by atoms with E-state index in [9.17, 15) is 5.11 Å². The molecule has 4 rings (SSSR count). The SMILES string of the molecule is OC(c1ccc2c(c1)CCO2)c1ccc2c(c1)CCO2. The molecule has 102 valence electrons. The Hall–Kier alpha value is -2.00. The number of aliphatic hydroxyl groups excluding tert-OH is 1. The summed E-state index contributed by atoms with van der Waals surface area (Å²) in [5, 5.41) is 10.6. The van der Waals surface area contributed by atoms with Gasteiger partial charge in [-0.05, 0) is 46.5 Å². The molecule has 2 aliphatic rings. The van der Waals surface area contributed by atoms with Crippen LogP contribution in [0.4, 0.5) is 0 Å². The van der Waals surface area contributed by atoms with E-state index in [-0.39, 0.29) is 0 Å². The summed E-state index contributed by atoms with van der Waals surface area (Å²) in [6, 6.07) is 11.9. The Kier molecular flexibility index (Phi) is 2.67. The largest absolute Gasteiger partial charge is 0.493 e. The maximum atomic E-state index is 10.6. The molecule has 0 unspecified atom stereocenters. The van der Waals surface area contributed by atoms with E-state index in [1.54, 1.807) is 0 Å². The first-order valence-corrected chi connectivity index (χ1v) is 7.00. The molecule has 3 nitrogen and oxygen atoms in total. The average molecular weight is 268 g/mol. The van der Waals surface area contributed by atoms with Crippen molar-refractivity contribution in [3.63, 3.8) is 0 Å². The number of benzene rings is 2. The quantitative estimate of drug-likeness (QED) is 0.910. The Morgan fingerprint density at radius 2 is 1.30 bits per heavy atom. The average Bonchev–Trinajstić information content (AvgIpc) is 3.13. The molecule has 0 spiro atoms. The second kappa shape index (κ2) is 4.53. The van der Waals surface area contributed by atoms with E-state index in [0.29, 0.717) is 0 Å². The number of aliphatic hydroxyl groups is 1. The fourth-order valence-corrected chi connectivity index (χ4v) is 2.95. The van der Waals surface area contributed by atoms with E-state index in [4.69, 9.17) is 9.47 Å². The van der Waals surface area contributed by atoms with Crippen LogP contribution in [0.2, 0.25) is 0 Å². The van der Waals surface area contributed by atoms with Crippen molar-refractivity contribution in [2.45, 2.75) is 18.9 Å². The maximum absolute atomic E-state index is 10.6. The van der Waals surface area contributed by atoms with Gasteiger partial charge < -0.3 is 14.6 Å². The molecule has 0 amide bonds. The minimum absolute atomic E-state index is 0.591. The number of ether oxygens (including phenoxy) is 2. The number of fused-ring (bicyclic) bond motifs is 2. The normalized spacial score (nSPS) is 15.7. The molecular formula is C17H16O3. The van der Waals surface area contributed by atoms with Gasteiger partial charge in [-0.15, -0.1) is 0 Å². The van der Waals surface area contributed by atoms with Crippen LogP contribution >= 0.6 is 0 Å². The molecule has 0 saturated carbocycles. The van der Waals surface area contributed by atoms with Crippen LogP contribution in [0, 0.1) is 0 Å². The molecule has 2 heterocycles. The van der Waals surface area contributed by atoms with Crippen LogP contribution in [-0.4, -0.2) is 18.3 Å². The zero-order valence-electron chi connectivity index (χ0n) is 11.1. The van der Waals surface area contributed by atoms with Crippen molar-refractivity contribution in [3.05, 3.63) is 58.7 Å². The van der Waals surface area contributed by atoms with Crippen LogP contribution in [0.1, 0.15) is 28.4 Å². The maximum Gasteiger partial charge on any atom is 0.122 e. The van der Waals surface area contributed by atoms with Crippen molar-refractivity contribution in [1.29, 1.82) is 0 Å². The van der Waals surface area contributed by atoms with Gasteiger partial charge in [0.1, 0.15) is 17.6 Å². The summed E-state index contributed by atoms with van der Waals surface area (Å²) in [6.45, 7) is 1.48. The van der Waals surface area contributed by atoms with Crippen molar-refractivity contribution in [3.8, 4) is 11.5 Å². The Bertz CT molecular complexity index is 606. The van der Waals surface area contributed by atoms with E-state index in [0.717, 1.165) is 48.7 Å². The molecule has 0 aromatic heterocycles. The van der Waals surface area contributed by atoms with Gasteiger partial charge >= 0.3 is 0 Å². The Labute approximate surface area is 117 Å². The smallest absolute Gasteiger partial charge is 0.122 e. The minimum atomic E-state index is -0.591. The third-order valence-corrected chi connectivity index (χ3v) is 4.06. The van der Waals surface area contributed by atoms with Crippen molar-refractivity contribution in [2.75, 3.05) is 13.2 Å². The third kappa shape index (κ3) is 1.86. The predicted molar refractivity (Wildman–Crippen MR) is 75.3 cm³/mol. The van der Waals surface area contributed by atoms with Gasteiger partial charge in [0.25, 0.3) is 0 Å². The van der Waals surface area contributed by atoms with Crippen molar-refractivity contribution >= 4 is 0 Å². The molecule has 2 aromatic carbocycles. The van der Waals surface area contributed by atoms with E-state index < -0.39 is 6.10 Å². The molecule has 0 saturated heterocycles. The Morgan fingerprint density at radius 1 is 0.800 bits per heavy atom. The van der Waals surface area contributed by atoms with Gasteiger partial charge in [0, 0.05) is 12.8 Å². The number of rotatable bonds is 2. The standard InChI is InChI=1S/C17H16O3/c18-17(13-1-3-15-11(9-13)5-7-19-15)14-2-4-16-12(10-14)6-8-20-16/h1-4,9-10,17-18H,5-8H2. The Balaban J connectivity index is 1.68. The van der Waals surface area contributed by atoms with Crippen molar-refractivity contribution in [1.82, 2.24) is 0 Å². The highest BCUT2D eigenvalue weighted by Crippen LogP contribution is 2.33. The lowest BCUT2D eigenvalue weighted by Gasteiger charge is -2.13. The van der Waals surface area contributed by atoms with E-state index in [1.807, 2.05) is 24.3 Å². The summed E-state index contributed by atoms with van der Waals surface area (Å²) in [6.07, 6.45) is 1.26. The molecule has 2 aromatic rings. The summed E-state index contributed by atoms with van der Waals surface area (Å²) < 4.78 is 11.0. The molecular weight excluding hydrogens is 252 g/mol. The van der Waals surface area contributed by atoms with Crippen LogP contribution in [0.25, 0.3) is 0 Å². The zero-order chi connectivity index (χ0) is 13.5. The molecule has 0 bridgehead atoms. The van der Waals surface area contributed by atoms with Crippen molar-refractivity contribution < 1.29 is 14.6 Å². The zero-order valence-corrected chi connectivity index (χ0v) is 11.1. The highest BCUT2D eigenvalue weighted by molar-refractivity contribution is 5.45. The van der Waals surface area contributed by atoms with Crippen molar-refractivity contribution in [2.24, 2.45) is 0 Å². The van der Waals surface area contributed by atoms with Crippen LogP contribution in [-0.2, 0) is 12.8 Å². The topological polar surface area (TPSA) is 38.7 Å². The van der Waals surface area contributed by atoms with E-state index in [2.05, 4.69) is 12.1 Å². The van der Waals surface area contributed by atoms with Gasteiger partial charge in [0.05, 0.1) is 13.2 Å². The van der Waals surface area contributed by atoms with Gasteiger partial charge in [-0.25, -0.2) is 0 Å². The van der Waals surface area contributed by atoms with Gasteiger partial charge in [-0.3, -0.25) is 0 Å². The summed E-state index contributed by atoms with van der Waals surface area (Å²) in [7, 11) is 0. The summed E-state index contributed by atoms with van der Waals surface area (Å²) in [5.74, 6) is 1.90. The first-order chi connectivity index (χ1) is 9.81. The lowest BCUT2D eigenvalue weighted by atomic mass is 9.97. The lowest BCUT2D eigenvalue weighted by molar-refractivity contribution is 0.220. The second-order valence-corrected chi connectivity index (χ2v) is 5.33. The highest BCUT2D eigenvalue weighted by atomic mass is 16.5. The van der Waals surface area contributed by atoms with Crippen LogP contribution in [0.15, 0.2) is 36.4 Å². The van der Waals surface area contributed by atoms with E-state index in [1.165, 1.54) is 11.1 Å². The molecule has 0 radical (unpaired) electrons. The van der Waals surface area contributed by atoms with Gasteiger partial charge in [-0.1, -0.05) is 12.1 Å². The lowest BCUT2D eigenvalue weighted by Crippen LogP contribution is -2.00. The molecule has 0 atom stereocenters. The summed E-state index contributed by atoms with van der Waals surface area (Å²) >= 11 is 0. The van der Waals surface area contributed by atoms with Gasteiger partial charge in [-0.2, -0.15) is 0 Å². The van der Waals surface area contributed by atoms with Gasteiger partial charge in [0.2, 0.25) is 0 Å². The third-order valence-electron chi connectivity index (χ3n) is 4.06. The summed E-state index contributed by atoms with van der Waals surface area (Å²) in [4.78, 5) is 0. The summed E-state index contributed by atoms with van der Waals surface area (Å²) in [5.41, 5.74) is 4.22. The van der Waals surface area contributed by atoms with Gasteiger partial charge in [0.15, 0.2) is 0 Å². The predicted octanol–water partition coefficient (Wildman–Crippen LogP) is 2.64. The molecule has 1 N–H and O–H groups in total. The van der Waals surface area contributed by atoms with Crippen LogP contribution in [0.5, 0.6) is 11.5 Å². The fraction of sp³-hybridized carbons (Fsp3) is 0.294. The highest BCUT2D eigenvalue weighted by Gasteiger charge is 2.19. The number of hydrogen-bond donors (Lipinski definition) is 1. The first-order valence-electron chi connectivity index (χ1n) is 7.00. The van der Waals surface area contributed by atoms with Crippen LogP contribution in [0.3, 0.4) is 0 Å². The molecule has 3 heteroatoms. The first kappa shape index (κ1) is 11.8. The molecule has 20 heavy (non-hydrogen) atoms. The fourth-order valence-electron chi connectivity index (χ4n) is 2.95. The molecule has 0 fully saturated rings. The molecule has 0 aliphatic carbocycles. The Morgan fingerprint density at radius 3 is 1.80 bits per heavy atom. The monoisotopic (exact) mass is 268 g/mol.